The number of aromatic nitrogens is 2. The number of fused-ring (bicyclic) bond motifs is 1. The first-order chi connectivity index (χ1) is 9.00. The SMILES string of the molecule is Cc1nc2ccccc2nc1C1(C)NC(=O)NC1=O. The summed E-state index contributed by atoms with van der Waals surface area (Å²) >= 11 is 0. The maximum atomic E-state index is 11.9. The first-order valence-electron chi connectivity index (χ1n) is 5.88. The van der Waals surface area contributed by atoms with Crippen molar-refractivity contribution >= 4 is 23.0 Å². The minimum Gasteiger partial charge on any atom is -0.318 e. The second-order valence-electron chi connectivity index (χ2n) is 4.68. The maximum absolute atomic E-state index is 11.9. The molecule has 3 amide bonds. The van der Waals surface area contributed by atoms with E-state index in [9.17, 15) is 9.59 Å². The molecule has 0 radical (unpaired) electrons. The molecule has 6 heteroatoms. The van der Waals surface area contributed by atoms with Crippen LogP contribution in [0.1, 0.15) is 18.3 Å². The zero-order valence-electron chi connectivity index (χ0n) is 10.5. The van der Waals surface area contributed by atoms with Gasteiger partial charge in [0.25, 0.3) is 5.91 Å². The van der Waals surface area contributed by atoms with Crippen molar-refractivity contribution in [3.63, 3.8) is 0 Å². The average Bonchev–Trinajstić information content (AvgIpc) is 2.62. The molecule has 2 N–H and O–H groups in total. The number of benzene rings is 1. The molecule has 3 rings (SSSR count). The Kier molecular flexibility index (Phi) is 2.28. The van der Waals surface area contributed by atoms with Crippen LogP contribution in [0.25, 0.3) is 11.0 Å². The van der Waals surface area contributed by atoms with E-state index in [0.29, 0.717) is 16.9 Å². The number of hydrogen-bond donors (Lipinski definition) is 2. The third kappa shape index (κ3) is 1.64. The summed E-state index contributed by atoms with van der Waals surface area (Å²) in [5.41, 5.74) is 1.38. The quantitative estimate of drug-likeness (QED) is 0.745. The molecule has 0 bridgehead atoms. The number of urea groups is 1. The molecule has 1 aliphatic rings. The van der Waals surface area contributed by atoms with E-state index in [4.69, 9.17) is 0 Å². The first-order valence-corrected chi connectivity index (χ1v) is 5.88. The molecule has 0 aliphatic carbocycles. The van der Waals surface area contributed by atoms with Gasteiger partial charge in [0.05, 0.1) is 22.4 Å². The van der Waals surface area contributed by atoms with Crippen LogP contribution in [0.2, 0.25) is 0 Å². The summed E-state index contributed by atoms with van der Waals surface area (Å²) < 4.78 is 0. The molecule has 1 saturated heterocycles. The molecule has 1 aromatic heterocycles. The molecule has 96 valence electrons. The van der Waals surface area contributed by atoms with E-state index < -0.39 is 17.5 Å². The molecule has 2 heterocycles. The second-order valence-corrected chi connectivity index (χ2v) is 4.68. The van der Waals surface area contributed by atoms with Gasteiger partial charge in [-0.3, -0.25) is 10.1 Å². The third-order valence-corrected chi connectivity index (χ3v) is 3.26. The number of nitrogens with zero attached hydrogens (tertiary/aromatic N) is 2. The monoisotopic (exact) mass is 256 g/mol. The molecule has 1 aromatic carbocycles. The number of hydrogen-bond acceptors (Lipinski definition) is 4. The Bertz CT molecular complexity index is 713. The van der Waals surface area contributed by atoms with Crippen LogP contribution in [0, 0.1) is 6.92 Å². The van der Waals surface area contributed by atoms with E-state index in [0.717, 1.165) is 5.52 Å². The van der Waals surface area contributed by atoms with Gasteiger partial charge in [-0.1, -0.05) is 12.1 Å². The molecule has 1 unspecified atom stereocenters. The summed E-state index contributed by atoms with van der Waals surface area (Å²) in [5, 5.41) is 4.82. The largest absolute Gasteiger partial charge is 0.322 e. The number of para-hydroxylation sites is 2. The zero-order chi connectivity index (χ0) is 13.6. The van der Waals surface area contributed by atoms with E-state index in [2.05, 4.69) is 20.6 Å². The van der Waals surface area contributed by atoms with Gasteiger partial charge in [-0.25, -0.2) is 14.8 Å². The lowest BCUT2D eigenvalue weighted by Crippen LogP contribution is -2.42. The van der Waals surface area contributed by atoms with Gasteiger partial charge >= 0.3 is 6.03 Å². The van der Waals surface area contributed by atoms with Crippen LogP contribution >= 0.6 is 0 Å². The molecule has 0 saturated carbocycles. The predicted molar refractivity (Wildman–Crippen MR) is 68.3 cm³/mol. The van der Waals surface area contributed by atoms with Crippen molar-refractivity contribution in [3.05, 3.63) is 35.7 Å². The van der Waals surface area contributed by atoms with E-state index in [1.165, 1.54) is 0 Å². The number of nitrogens with one attached hydrogen (secondary N) is 2. The summed E-state index contributed by atoms with van der Waals surface area (Å²) in [4.78, 5) is 32.2. The Morgan fingerprint density at radius 3 is 2.32 bits per heavy atom. The van der Waals surface area contributed by atoms with Crippen LogP contribution in [0.4, 0.5) is 4.79 Å². The highest BCUT2D eigenvalue weighted by Gasteiger charge is 2.46. The van der Waals surface area contributed by atoms with E-state index in [1.807, 2.05) is 24.3 Å². The minimum atomic E-state index is -1.17. The molecule has 1 atom stereocenters. The number of rotatable bonds is 1. The van der Waals surface area contributed by atoms with Crippen molar-refractivity contribution in [2.24, 2.45) is 0 Å². The van der Waals surface area contributed by atoms with Crippen molar-refractivity contribution in [1.29, 1.82) is 0 Å². The zero-order valence-corrected chi connectivity index (χ0v) is 10.5. The number of aryl methyl sites for hydroxylation is 1. The maximum Gasteiger partial charge on any atom is 0.322 e. The minimum absolute atomic E-state index is 0.412. The van der Waals surface area contributed by atoms with Gasteiger partial charge in [0.15, 0.2) is 5.54 Å². The van der Waals surface area contributed by atoms with Crippen LogP contribution < -0.4 is 10.6 Å². The number of imide groups is 1. The lowest BCUT2D eigenvalue weighted by atomic mass is 9.96. The fraction of sp³-hybridized carbons (Fsp3) is 0.231. The summed E-state index contributed by atoms with van der Waals surface area (Å²) in [6, 6.07) is 6.90. The van der Waals surface area contributed by atoms with Gasteiger partial charge < -0.3 is 5.32 Å². The van der Waals surface area contributed by atoms with Crippen molar-refractivity contribution in [2.45, 2.75) is 19.4 Å². The lowest BCUT2D eigenvalue weighted by Gasteiger charge is -2.21. The van der Waals surface area contributed by atoms with Crippen molar-refractivity contribution < 1.29 is 9.59 Å². The van der Waals surface area contributed by atoms with Gasteiger partial charge in [0.1, 0.15) is 0 Å². The van der Waals surface area contributed by atoms with Crippen LogP contribution in [-0.4, -0.2) is 21.9 Å². The highest BCUT2D eigenvalue weighted by Crippen LogP contribution is 2.26. The normalized spacial score (nSPS) is 22.4. The van der Waals surface area contributed by atoms with Crippen LogP contribution in [0.5, 0.6) is 0 Å². The van der Waals surface area contributed by atoms with Crippen molar-refractivity contribution in [1.82, 2.24) is 20.6 Å². The lowest BCUT2D eigenvalue weighted by molar-refractivity contribution is -0.123. The van der Waals surface area contributed by atoms with E-state index in [1.54, 1.807) is 13.8 Å². The molecule has 1 aliphatic heterocycles. The molecular formula is C13H12N4O2. The molecule has 0 spiro atoms. The fourth-order valence-electron chi connectivity index (χ4n) is 2.27. The fourth-order valence-corrected chi connectivity index (χ4v) is 2.27. The van der Waals surface area contributed by atoms with Gasteiger partial charge in [-0.05, 0) is 26.0 Å². The van der Waals surface area contributed by atoms with Gasteiger partial charge in [-0.2, -0.15) is 0 Å². The number of amides is 3. The standard InChI is InChI=1S/C13H12N4O2/c1-7-10(13(2)11(18)16-12(19)17-13)15-9-6-4-3-5-8(9)14-7/h3-6H,1-2H3,(H2,16,17,18,19). The molecule has 2 aromatic rings. The van der Waals surface area contributed by atoms with Crippen LogP contribution in [0.3, 0.4) is 0 Å². The summed E-state index contributed by atoms with van der Waals surface area (Å²) in [6.07, 6.45) is 0. The predicted octanol–water partition coefficient (Wildman–Crippen LogP) is 0.993. The van der Waals surface area contributed by atoms with E-state index >= 15 is 0 Å². The highest BCUT2D eigenvalue weighted by atomic mass is 16.2. The van der Waals surface area contributed by atoms with Gasteiger partial charge in [-0.15, -0.1) is 0 Å². The summed E-state index contributed by atoms with van der Waals surface area (Å²) in [5.74, 6) is -0.412. The summed E-state index contributed by atoms with van der Waals surface area (Å²) in [7, 11) is 0. The average molecular weight is 256 g/mol. The smallest absolute Gasteiger partial charge is 0.318 e. The Balaban J connectivity index is 2.22. The molecule has 19 heavy (non-hydrogen) atoms. The van der Waals surface area contributed by atoms with E-state index in [-0.39, 0.29) is 0 Å². The van der Waals surface area contributed by atoms with Crippen molar-refractivity contribution in [2.75, 3.05) is 0 Å². The van der Waals surface area contributed by atoms with Gasteiger partial charge in [0, 0.05) is 0 Å². The Hall–Kier alpha value is -2.50. The Morgan fingerprint density at radius 1 is 1.11 bits per heavy atom. The number of carbonyl (C=O) groups excluding carboxylic acids is 2. The number of carbonyl (C=O) groups is 2. The second kappa shape index (κ2) is 3.74. The van der Waals surface area contributed by atoms with Crippen LogP contribution in [-0.2, 0) is 10.3 Å². The first kappa shape index (κ1) is 11.6. The van der Waals surface area contributed by atoms with Gasteiger partial charge in [0.2, 0.25) is 0 Å². The highest BCUT2D eigenvalue weighted by molar-refractivity contribution is 6.07. The Labute approximate surface area is 109 Å². The third-order valence-electron chi connectivity index (χ3n) is 3.26. The molecular weight excluding hydrogens is 244 g/mol. The molecule has 6 nitrogen and oxygen atoms in total. The molecule has 1 fully saturated rings. The summed E-state index contributed by atoms with van der Waals surface area (Å²) in [6.45, 7) is 3.40. The van der Waals surface area contributed by atoms with Crippen molar-refractivity contribution in [3.8, 4) is 0 Å². The Morgan fingerprint density at radius 2 is 1.74 bits per heavy atom. The topological polar surface area (TPSA) is 84.0 Å². The van der Waals surface area contributed by atoms with Crippen LogP contribution in [0.15, 0.2) is 24.3 Å².